The Balaban J connectivity index is 1.44. The third-order valence-electron chi connectivity index (χ3n) is 5.00. The molecule has 0 unspecified atom stereocenters. The van der Waals surface area contributed by atoms with E-state index in [-0.39, 0.29) is 6.61 Å². The van der Waals surface area contributed by atoms with Crippen molar-refractivity contribution in [3.8, 4) is 0 Å². The molecule has 7 heteroatoms. The van der Waals surface area contributed by atoms with Gasteiger partial charge in [0, 0.05) is 36.8 Å². The number of carbonyl (C=O) groups is 1. The van der Waals surface area contributed by atoms with Gasteiger partial charge in [0.1, 0.15) is 17.9 Å². The second-order valence-corrected chi connectivity index (χ2v) is 7.89. The van der Waals surface area contributed by atoms with Crippen molar-refractivity contribution in [3.63, 3.8) is 0 Å². The van der Waals surface area contributed by atoms with Gasteiger partial charge in [-0.3, -0.25) is 10.2 Å². The largest absolute Gasteiger partial charge is 0.444 e. The van der Waals surface area contributed by atoms with Crippen LogP contribution in [0.1, 0.15) is 25.0 Å². The van der Waals surface area contributed by atoms with E-state index in [4.69, 9.17) is 4.74 Å². The summed E-state index contributed by atoms with van der Waals surface area (Å²) >= 11 is 0. The first kappa shape index (κ1) is 19.4. The zero-order valence-electron chi connectivity index (χ0n) is 16.6. The number of fused-ring (bicyclic) bond motifs is 1. The Bertz CT molecular complexity index is 994. The highest BCUT2D eigenvalue weighted by molar-refractivity contribution is 5.90. The van der Waals surface area contributed by atoms with Crippen LogP contribution in [-0.4, -0.2) is 45.7 Å². The average Bonchev–Trinajstić information content (AvgIpc) is 3.09. The van der Waals surface area contributed by atoms with Gasteiger partial charge in [-0.15, -0.1) is 0 Å². The van der Waals surface area contributed by atoms with Gasteiger partial charge in [0.05, 0.1) is 11.9 Å². The van der Waals surface area contributed by atoms with Crippen LogP contribution in [0.5, 0.6) is 0 Å². The fraction of sp³-hybridized carbons (Fsp3) is 0.318. The fourth-order valence-corrected chi connectivity index (χ4v) is 3.76. The van der Waals surface area contributed by atoms with Gasteiger partial charge >= 0.3 is 6.09 Å². The van der Waals surface area contributed by atoms with Crippen molar-refractivity contribution in [1.29, 1.82) is 0 Å². The Hall–Kier alpha value is -2.90. The number of ether oxygens (including phenoxy) is 1. The lowest BCUT2D eigenvalue weighted by Crippen LogP contribution is -2.59. The van der Waals surface area contributed by atoms with Gasteiger partial charge in [-0.25, -0.2) is 9.78 Å². The summed E-state index contributed by atoms with van der Waals surface area (Å²) in [4.78, 5) is 21.8. The Morgan fingerprint density at radius 3 is 2.79 bits per heavy atom. The number of amides is 1. The Labute approximate surface area is 169 Å². The topological polar surface area (TPSA) is 90.5 Å². The number of aromatic amines is 1. The number of aliphatic hydroxyl groups is 1. The van der Waals surface area contributed by atoms with E-state index in [0.717, 1.165) is 23.1 Å². The van der Waals surface area contributed by atoms with Crippen LogP contribution in [0.3, 0.4) is 0 Å². The van der Waals surface area contributed by atoms with E-state index in [9.17, 15) is 9.90 Å². The van der Waals surface area contributed by atoms with E-state index >= 15 is 0 Å². The number of pyridine rings is 1. The number of H-pyrrole nitrogens is 1. The van der Waals surface area contributed by atoms with Crippen LogP contribution < -0.4 is 5.32 Å². The highest BCUT2D eigenvalue weighted by atomic mass is 16.5. The lowest BCUT2D eigenvalue weighted by Gasteiger charge is -2.47. The molecule has 151 valence electrons. The normalized spacial score (nSPS) is 16.0. The zero-order chi connectivity index (χ0) is 20.4. The van der Waals surface area contributed by atoms with Gasteiger partial charge < -0.3 is 14.8 Å². The summed E-state index contributed by atoms with van der Waals surface area (Å²) in [5.74, 6) is 1.31. The maximum Gasteiger partial charge on any atom is 0.412 e. The second kappa shape index (κ2) is 7.85. The monoisotopic (exact) mass is 393 g/mol. The number of carbonyl (C=O) groups excluding carboxylic acids is 1. The molecule has 29 heavy (non-hydrogen) atoms. The smallest absolute Gasteiger partial charge is 0.412 e. The minimum atomic E-state index is -0.915. The van der Waals surface area contributed by atoms with Crippen molar-refractivity contribution in [1.82, 2.24) is 14.9 Å². The van der Waals surface area contributed by atoms with Crippen LogP contribution in [0, 0.1) is 5.92 Å². The number of aromatic nitrogens is 2. The van der Waals surface area contributed by atoms with E-state index in [2.05, 4.69) is 34.0 Å². The van der Waals surface area contributed by atoms with Crippen molar-refractivity contribution in [2.24, 2.45) is 0 Å². The van der Waals surface area contributed by atoms with Gasteiger partial charge in [0.2, 0.25) is 0 Å². The SMILES string of the molecule is C[C](C)CN1CC(O)(c2c[nH]c3ncc(NC(=O)OCc4ccccc4)cc23)C1. The summed E-state index contributed by atoms with van der Waals surface area (Å²) in [6, 6.07) is 11.3. The van der Waals surface area contributed by atoms with Crippen LogP contribution in [-0.2, 0) is 16.9 Å². The molecule has 0 aliphatic carbocycles. The molecule has 1 saturated heterocycles. The van der Waals surface area contributed by atoms with Gasteiger partial charge in [-0.1, -0.05) is 44.2 Å². The molecule has 0 spiro atoms. The molecule has 1 aliphatic rings. The number of β-amino-alcohol motifs (C(OH)–C–C–N with tert-alkyl or cyclic N) is 1. The standard InChI is InChI=1S/C22H25N4O3/c1-15(2)11-26-13-22(28,14-26)19-10-24-20-18(19)8-17(9-23-20)25-21(27)29-12-16-6-4-3-5-7-16/h3-10,28H,11-14H2,1-2H3,(H,23,24)(H,25,27). The van der Waals surface area contributed by atoms with Crippen molar-refractivity contribution in [2.45, 2.75) is 26.1 Å². The Morgan fingerprint density at radius 1 is 1.31 bits per heavy atom. The van der Waals surface area contributed by atoms with Crippen LogP contribution in [0.4, 0.5) is 10.5 Å². The molecule has 2 aromatic heterocycles. The van der Waals surface area contributed by atoms with E-state index in [0.29, 0.717) is 24.4 Å². The minimum absolute atomic E-state index is 0.196. The van der Waals surface area contributed by atoms with Crippen molar-refractivity contribution in [2.75, 3.05) is 25.0 Å². The molecule has 4 rings (SSSR count). The molecule has 1 aliphatic heterocycles. The quantitative estimate of drug-likeness (QED) is 0.597. The number of hydrogen-bond acceptors (Lipinski definition) is 5. The van der Waals surface area contributed by atoms with Gasteiger partial charge in [0.25, 0.3) is 0 Å². The molecule has 3 heterocycles. The third-order valence-corrected chi connectivity index (χ3v) is 5.00. The number of likely N-dealkylation sites (tertiary alicyclic amines) is 1. The predicted octanol–water partition coefficient (Wildman–Crippen LogP) is 3.43. The molecule has 0 bridgehead atoms. The molecule has 3 aromatic rings. The molecule has 3 N–H and O–H groups in total. The lowest BCUT2D eigenvalue weighted by molar-refractivity contribution is -0.100. The number of nitrogens with zero attached hydrogens (tertiary/aromatic N) is 2. The van der Waals surface area contributed by atoms with Crippen molar-refractivity contribution < 1.29 is 14.6 Å². The first-order chi connectivity index (χ1) is 13.9. The molecule has 0 saturated carbocycles. The van der Waals surface area contributed by atoms with Crippen LogP contribution >= 0.6 is 0 Å². The van der Waals surface area contributed by atoms with E-state index < -0.39 is 11.7 Å². The van der Waals surface area contributed by atoms with Crippen LogP contribution in [0.15, 0.2) is 48.8 Å². The van der Waals surface area contributed by atoms with Crippen molar-refractivity contribution >= 4 is 22.8 Å². The molecule has 1 fully saturated rings. The summed E-state index contributed by atoms with van der Waals surface area (Å²) in [5.41, 5.74) is 2.00. The van der Waals surface area contributed by atoms with Crippen LogP contribution in [0.2, 0.25) is 0 Å². The van der Waals surface area contributed by atoms with Gasteiger partial charge in [-0.05, 0) is 17.5 Å². The maximum absolute atomic E-state index is 12.1. The summed E-state index contributed by atoms with van der Waals surface area (Å²) in [5, 5.41) is 14.5. The first-order valence-electron chi connectivity index (χ1n) is 9.62. The predicted molar refractivity (Wildman–Crippen MR) is 111 cm³/mol. The van der Waals surface area contributed by atoms with Crippen molar-refractivity contribution in [3.05, 3.63) is 65.8 Å². The van der Waals surface area contributed by atoms with Crippen LogP contribution in [0.25, 0.3) is 11.0 Å². The summed E-state index contributed by atoms with van der Waals surface area (Å²) in [6.45, 7) is 6.39. The number of nitrogens with one attached hydrogen (secondary N) is 2. The number of hydrogen-bond donors (Lipinski definition) is 3. The minimum Gasteiger partial charge on any atom is -0.444 e. The lowest BCUT2D eigenvalue weighted by atomic mass is 9.85. The zero-order valence-corrected chi connectivity index (χ0v) is 16.6. The molecule has 1 aromatic carbocycles. The highest BCUT2D eigenvalue weighted by Gasteiger charge is 2.44. The number of anilines is 1. The second-order valence-electron chi connectivity index (χ2n) is 7.89. The van der Waals surface area contributed by atoms with E-state index in [1.54, 1.807) is 12.4 Å². The molecule has 0 atom stereocenters. The van der Waals surface area contributed by atoms with Gasteiger partial charge in [0.15, 0.2) is 0 Å². The third kappa shape index (κ3) is 4.26. The molecule has 1 radical (unpaired) electrons. The molecular formula is C22H25N4O3. The summed E-state index contributed by atoms with van der Waals surface area (Å²) < 4.78 is 5.26. The first-order valence-corrected chi connectivity index (χ1v) is 9.62. The average molecular weight is 393 g/mol. The van der Waals surface area contributed by atoms with E-state index in [1.807, 2.05) is 36.4 Å². The maximum atomic E-state index is 12.1. The molecular weight excluding hydrogens is 368 g/mol. The summed E-state index contributed by atoms with van der Waals surface area (Å²) in [6.07, 6.45) is 2.82. The van der Waals surface area contributed by atoms with Gasteiger partial charge in [-0.2, -0.15) is 0 Å². The summed E-state index contributed by atoms with van der Waals surface area (Å²) in [7, 11) is 0. The Kier molecular flexibility index (Phi) is 5.25. The Morgan fingerprint density at radius 2 is 2.07 bits per heavy atom. The number of benzene rings is 1. The molecule has 7 nitrogen and oxygen atoms in total. The highest BCUT2D eigenvalue weighted by Crippen LogP contribution is 2.37. The van der Waals surface area contributed by atoms with E-state index in [1.165, 1.54) is 5.92 Å². The molecule has 1 amide bonds. The fourth-order valence-electron chi connectivity index (χ4n) is 3.76. The number of rotatable bonds is 6.